The summed E-state index contributed by atoms with van der Waals surface area (Å²) in [6.07, 6.45) is 5.58. The van der Waals surface area contributed by atoms with Crippen molar-refractivity contribution >= 4 is 19.9 Å². The molecular formula is C15H19NO4S2. The topological polar surface area (TPSA) is 71.5 Å². The summed E-state index contributed by atoms with van der Waals surface area (Å²) >= 11 is 0. The molecule has 0 aromatic heterocycles. The van der Waals surface area contributed by atoms with Gasteiger partial charge in [0.05, 0.1) is 22.9 Å². The van der Waals surface area contributed by atoms with E-state index in [1.54, 1.807) is 25.1 Å². The molecule has 120 valence electrons. The van der Waals surface area contributed by atoms with E-state index >= 15 is 0 Å². The number of hydrogen-bond donors (Lipinski definition) is 0. The van der Waals surface area contributed by atoms with Crippen LogP contribution in [0.3, 0.4) is 0 Å². The molecule has 1 aliphatic heterocycles. The second-order valence-corrected chi connectivity index (χ2v) is 9.67. The van der Waals surface area contributed by atoms with Gasteiger partial charge in [-0.05, 0) is 31.9 Å². The highest BCUT2D eigenvalue weighted by molar-refractivity contribution is 7.92. The Morgan fingerprint density at radius 3 is 2.55 bits per heavy atom. The van der Waals surface area contributed by atoms with E-state index in [2.05, 4.69) is 5.92 Å². The van der Waals surface area contributed by atoms with Crippen LogP contribution >= 0.6 is 0 Å². The number of benzene rings is 1. The Bertz CT molecular complexity index is 820. The van der Waals surface area contributed by atoms with Crippen LogP contribution in [0.4, 0.5) is 0 Å². The fourth-order valence-electron chi connectivity index (χ4n) is 2.72. The number of sulfone groups is 1. The lowest BCUT2D eigenvalue weighted by atomic mass is 10.2. The van der Waals surface area contributed by atoms with Crippen molar-refractivity contribution in [2.45, 2.75) is 31.2 Å². The maximum Gasteiger partial charge on any atom is 0.244 e. The predicted molar refractivity (Wildman–Crippen MR) is 85.7 cm³/mol. The quantitative estimate of drug-likeness (QED) is 0.769. The minimum absolute atomic E-state index is 0.00113. The molecule has 0 N–H and O–H groups in total. The predicted octanol–water partition coefficient (Wildman–Crippen LogP) is 1.11. The Kier molecular flexibility index (Phi) is 4.66. The van der Waals surface area contributed by atoms with Crippen molar-refractivity contribution in [3.63, 3.8) is 0 Å². The lowest BCUT2D eigenvalue weighted by Gasteiger charge is -2.26. The van der Waals surface area contributed by atoms with E-state index in [-0.39, 0.29) is 29.4 Å². The second-order valence-electron chi connectivity index (χ2n) is 5.58. The van der Waals surface area contributed by atoms with Gasteiger partial charge in [0.1, 0.15) is 0 Å². The van der Waals surface area contributed by atoms with Gasteiger partial charge in [-0.3, -0.25) is 0 Å². The molecule has 0 saturated carbocycles. The molecule has 1 saturated heterocycles. The summed E-state index contributed by atoms with van der Waals surface area (Å²) in [7, 11) is -7.01. The van der Waals surface area contributed by atoms with Gasteiger partial charge in [-0.2, -0.15) is 4.31 Å². The van der Waals surface area contributed by atoms with Gasteiger partial charge < -0.3 is 0 Å². The van der Waals surface area contributed by atoms with Crippen molar-refractivity contribution in [3.05, 3.63) is 29.3 Å². The molecule has 0 amide bonds. The molecule has 0 bridgehead atoms. The fourth-order valence-corrected chi connectivity index (χ4v) is 6.32. The molecular weight excluding hydrogens is 322 g/mol. The highest BCUT2D eigenvalue weighted by atomic mass is 32.2. The molecule has 5 nitrogen and oxygen atoms in total. The molecule has 1 heterocycles. The van der Waals surface area contributed by atoms with Crippen molar-refractivity contribution in [2.75, 3.05) is 18.1 Å². The first kappa shape index (κ1) is 17.0. The van der Waals surface area contributed by atoms with E-state index in [1.807, 2.05) is 6.92 Å². The van der Waals surface area contributed by atoms with Crippen LogP contribution in [0.25, 0.3) is 0 Å². The van der Waals surface area contributed by atoms with Crippen molar-refractivity contribution in [2.24, 2.45) is 0 Å². The lowest BCUT2D eigenvalue weighted by Crippen LogP contribution is -2.41. The molecule has 1 fully saturated rings. The summed E-state index contributed by atoms with van der Waals surface area (Å²) in [6, 6.07) is 4.46. The van der Waals surface area contributed by atoms with Crippen LogP contribution in [0.5, 0.6) is 0 Å². The number of terminal acetylenes is 1. The number of nitrogens with zero attached hydrogens (tertiary/aromatic N) is 1. The molecule has 1 aromatic rings. The highest BCUT2D eigenvalue weighted by Crippen LogP contribution is 2.26. The minimum Gasteiger partial charge on any atom is -0.229 e. The molecule has 7 heteroatoms. The summed E-state index contributed by atoms with van der Waals surface area (Å²) in [5.74, 6) is 2.16. The third-order valence-corrected chi connectivity index (χ3v) is 7.59. The minimum atomic E-state index is -3.82. The normalized spacial score (nSPS) is 20.9. The molecule has 1 unspecified atom stereocenters. The second kappa shape index (κ2) is 6.03. The monoisotopic (exact) mass is 341 g/mol. The Morgan fingerprint density at radius 1 is 1.36 bits per heavy atom. The number of rotatable bonds is 4. The number of sulfonamides is 1. The largest absolute Gasteiger partial charge is 0.244 e. The fraction of sp³-hybridized carbons (Fsp3) is 0.467. The number of aryl methyl sites for hydroxylation is 2. The van der Waals surface area contributed by atoms with Gasteiger partial charge in [0.2, 0.25) is 10.0 Å². The number of hydrogen-bond acceptors (Lipinski definition) is 4. The maximum absolute atomic E-state index is 12.9. The highest BCUT2D eigenvalue weighted by Gasteiger charge is 2.38. The average Bonchev–Trinajstić information content (AvgIpc) is 2.75. The van der Waals surface area contributed by atoms with E-state index in [4.69, 9.17) is 6.42 Å². The zero-order valence-electron chi connectivity index (χ0n) is 12.6. The smallest absolute Gasteiger partial charge is 0.229 e. The summed E-state index contributed by atoms with van der Waals surface area (Å²) in [5, 5.41) is 0. The van der Waals surface area contributed by atoms with Crippen LogP contribution in [-0.2, 0) is 19.9 Å². The zero-order valence-corrected chi connectivity index (χ0v) is 14.2. The van der Waals surface area contributed by atoms with Gasteiger partial charge in [0, 0.05) is 6.04 Å². The summed E-state index contributed by atoms with van der Waals surface area (Å²) in [4.78, 5) is 0.178. The Hall–Kier alpha value is -1.36. The molecule has 0 radical (unpaired) electrons. The van der Waals surface area contributed by atoms with Crippen LogP contribution < -0.4 is 0 Å². The molecule has 2 rings (SSSR count). The summed E-state index contributed by atoms with van der Waals surface area (Å²) < 4.78 is 50.2. The van der Waals surface area contributed by atoms with Gasteiger partial charge >= 0.3 is 0 Å². The van der Waals surface area contributed by atoms with E-state index < -0.39 is 25.9 Å². The van der Waals surface area contributed by atoms with Crippen molar-refractivity contribution in [1.29, 1.82) is 0 Å². The first-order valence-corrected chi connectivity index (χ1v) is 10.2. The zero-order chi connectivity index (χ0) is 16.5. The van der Waals surface area contributed by atoms with E-state index in [0.717, 1.165) is 9.87 Å². The van der Waals surface area contributed by atoms with Crippen LogP contribution in [0.15, 0.2) is 23.1 Å². The van der Waals surface area contributed by atoms with E-state index in [1.165, 1.54) is 0 Å². The van der Waals surface area contributed by atoms with Crippen LogP contribution in [-0.4, -0.2) is 45.2 Å². The van der Waals surface area contributed by atoms with Crippen molar-refractivity contribution in [1.82, 2.24) is 4.31 Å². The first-order valence-electron chi connectivity index (χ1n) is 6.90. The van der Waals surface area contributed by atoms with Crippen LogP contribution in [0.2, 0.25) is 0 Å². The van der Waals surface area contributed by atoms with Gasteiger partial charge in [0.25, 0.3) is 0 Å². The Labute approximate surface area is 132 Å². The molecule has 22 heavy (non-hydrogen) atoms. The van der Waals surface area contributed by atoms with E-state index in [9.17, 15) is 16.8 Å². The first-order chi connectivity index (χ1) is 10.2. The van der Waals surface area contributed by atoms with Crippen LogP contribution in [0.1, 0.15) is 17.5 Å². The Balaban J connectivity index is 2.45. The molecule has 0 spiro atoms. The Morgan fingerprint density at radius 2 is 2.05 bits per heavy atom. The molecule has 1 aliphatic rings. The van der Waals surface area contributed by atoms with Gasteiger partial charge in [-0.15, -0.1) is 6.42 Å². The van der Waals surface area contributed by atoms with Gasteiger partial charge in [-0.1, -0.05) is 23.6 Å². The summed E-state index contributed by atoms with van der Waals surface area (Å²) in [5.41, 5.74) is 1.59. The SMILES string of the molecule is C#CCN(C1CCS(=O)(=O)C1)S(=O)(=O)c1ccc(C)cc1C. The van der Waals surface area contributed by atoms with Gasteiger partial charge in [0.15, 0.2) is 9.84 Å². The molecule has 0 aliphatic carbocycles. The summed E-state index contributed by atoms with van der Waals surface area (Å²) in [6.45, 7) is 3.47. The third-order valence-electron chi connectivity index (χ3n) is 3.78. The average molecular weight is 341 g/mol. The van der Waals surface area contributed by atoms with Crippen molar-refractivity contribution < 1.29 is 16.8 Å². The molecule has 1 aromatic carbocycles. The lowest BCUT2D eigenvalue weighted by molar-refractivity contribution is 0.371. The maximum atomic E-state index is 12.9. The van der Waals surface area contributed by atoms with Gasteiger partial charge in [-0.25, -0.2) is 16.8 Å². The van der Waals surface area contributed by atoms with E-state index in [0.29, 0.717) is 5.56 Å². The third kappa shape index (κ3) is 3.35. The molecule has 1 atom stereocenters. The standard InChI is InChI=1S/C15H19NO4S2/c1-4-8-16(14-7-9-21(17,18)11-14)22(19,20)15-6-5-12(2)10-13(15)3/h1,5-6,10,14H,7-9,11H2,2-3H3. The van der Waals surface area contributed by atoms with Crippen molar-refractivity contribution in [3.8, 4) is 12.3 Å². The van der Waals surface area contributed by atoms with Crippen LogP contribution in [0, 0.1) is 26.2 Å².